The molecule has 1 heterocycles. The molecule has 21 heavy (non-hydrogen) atoms. The van der Waals surface area contributed by atoms with Gasteiger partial charge in [-0.15, -0.1) is 0 Å². The lowest BCUT2D eigenvalue weighted by Crippen LogP contribution is -1.94. The van der Waals surface area contributed by atoms with Crippen LogP contribution in [-0.2, 0) is 6.42 Å². The number of pyridine rings is 1. The number of para-hydroxylation sites is 1. The minimum Gasteiger partial charge on any atom is -0.245 e. The molecule has 4 rings (SSSR count). The van der Waals surface area contributed by atoms with Crippen molar-refractivity contribution < 1.29 is 8.78 Å². The maximum Gasteiger partial charge on any atom is 0.149 e. The summed E-state index contributed by atoms with van der Waals surface area (Å²) in [4.78, 5) is 4.42. The summed E-state index contributed by atoms with van der Waals surface area (Å²) >= 11 is 0. The van der Waals surface area contributed by atoms with Gasteiger partial charge in [-0.25, -0.2) is 13.8 Å². The van der Waals surface area contributed by atoms with Gasteiger partial charge in [0.1, 0.15) is 17.2 Å². The highest BCUT2D eigenvalue weighted by Gasteiger charge is 2.19. The van der Waals surface area contributed by atoms with Crippen molar-refractivity contribution >= 4 is 16.5 Å². The molecule has 0 bridgehead atoms. The van der Waals surface area contributed by atoms with E-state index in [4.69, 9.17) is 0 Å². The second-order valence-corrected chi connectivity index (χ2v) is 5.10. The summed E-state index contributed by atoms with van der Waals surface area (Å²) in [5.74, 6) is -0.543. The highest BCUT2D eigenvalue weighted by molar-refractivity contribution is 5.87. The Morgan fingerprint density at radius 1 is 0.857 bits per heavy atom. The quantitative estimate of drug-likeness (QED) is 0.639. The lowest BCUT2D eigenvalue weighted by molar-refractivity contribution is 0.615. The fourth-order valence-corrected chi connectivity index (χ4v) is 2.84. The van der Waals surface area contributed by atoms with Crippen molar-refractivity contribution in [3.05, 3.63) is 83.1 Å². The van der Waals surface area contributed by atoms with Crippen LogP contribution in [-0.4, -0.2) is 4.98 Å². The van der Waals surface area contributed by atoms with Crippen LogP contribution in [0.4, 0.5) is 8.78 Å². The molecule has 3 heteroatoms. The number of nitrogens with zero attached hydrogens (tertiary/aromatic N) is 1. The zero-order valence-electron chi connectivity index (χ0n) is 11.1. The second kappa shape index (κ2) is 4.48. The largest absolute Gasteiger partial charge is 0.245 e. The summed E-state index contributed by atoms with van der Waals surface area (Å²) in [6, 6.07) is 13.6. The van der Waals surface area contributed by atoms with Crippen LogP contribution in [0.1, 0.15) is 16.8 Å². The van der Waals surface area contributed by atoms with Crippen molar-refractivity contribution in [3.63, 3.8) is 0 Å². The molecule has 0 fully saturated rings. The fraction of sp³-hybridized carbons (Fsp3) is 0.0556. The summed E-state index contributed by atoms with van der Waals surface area (Å²) < 4.78 is 27.7. The molecule has 0 saturated heterocycles. The molecule has 0 radical (unpaired) electrons. The Bertz CT molecular complexity index is 897. The van der Waals surface area contributed by atoms with Crippen LogP contribution in [0.5, 0.6) is 0 Å². The molecule has 0 saturated carbocycles. The molecule has 0 unspecified atom stereocenters. The summed E-state index contributed by atoms with van der Waals surface area (Å²) in [7, 11) is 0. The highest BCUT2D eigenvalue weighted by atomic mass is 19.1. The highest BCUT2D eigenvalue weighted by Crippen LogP contribution is 2.33. The van der Waals surface area contributed by atoms with Crippen LogP contribution < -0.4 is 0 Å². The number of rotatable bonds is 1. The van der Waals surface area contributed by atoms with E-state index >= 15 is 0 Å². The minimum atomic E-state index is -0.340. The number of fused-ring (bicyclic) bond motifs is 2. The number of halogens is 2. The average molecular weight is 279 g/mol. The first-order valence-electron chi connectivity index (χ1n) is 6.77. The summed E-state index contributed by atoms with van der Waals surface area (Å²) in [6.45, 7) is 0. The van der Waals surface area contributed by atoms with Gasteiger partial charge < -0.3 is 0 Å². The van der Waals surface area contributed by atoms with Crippen molar-refractivity contribution in [2.75, 3.05) is 0 Å². The van der Waals surface area contributed by atoms with Gasteiger partial charge in [0.15, 0.2) is 0 Å². The first kappa shape index (κ1) is 12.2. The van der Waals surface area contributed by atoms with E-state index in [9.17, 15) is 8.78 Å². The molecule has 3 aromatic rings. The van der Waals surface area contributed by atoms with Gasteiger partial charge in [-0.1, -0.05) is 36.4 Å². The maximum absolute atomic E-state index is 13.9. The molecule has 1 aliphatic rings. The molecular formula is C18H11F2N. The Morgan fingerprint density at radius 2 is 1.67 bits per heavy atom. The van der Waals surface area contributed by atoms with E-state index < -0.39 is 0 Å². The summed E-state index contributed by atoms with van der Waals surface area (Å²) in [5.41, 5.74) is 3.42. The number of allylic oxidation sites excluding steroid dienone is 1. The molecule has 0 amide bonds. The molecule has 0 atom stereocenters. The van der Waals surface area contributed by atoms with Crippen LogP contribution in [0.3, 0.4) is 0 Å². The Morgan fingerprint density at radius 3 is 2.57 bits per heavy atom. The summed E-state index contributed by atoms with van der Waals surface area (Å²) in [6.07, 6.45) is 2.50. The first-order chi connectivity index (χ1) is 10.2. The van der Waals surface area contributed by atoms with Crippen molar-refractivity contribution in [1.29, 1.82) is 0 Å². The van der Waals surface area contributed by atoms with Gasteiger partial charge in [0.05, 0.1) is 5.69 Å². The van der Waals surface area contributed by atoms with Gasteiger partial charge in [-0.3, -0.25) is 0 Å². The van der Waals surface area contributed by atoms with E-state index in [2.05, 4.69) is 4.98 Å². The SMILES string of the molecule is Fc1cccc2c1CC=C2c1ccc2cccc(F)c2n1. The minimum absolute atomic E-state index is 0.203. The van der Waals surface area contributed by atoms with Crippen LogP contribution in [0.15, 0.2) is 54.6 Å². The van der Waals surface area contributed by atoms with E-state index in [-0.39, 0.29) is 11.6 Å². The predicted octanol–water partition coefficient (Wildman–Crippen LogP) is 4.50. The third-order valence-electron chi connectivity index (χ3n) is 3.87. The Balaban J connectivity index is 1.90. The van der Waals surface area contributed by atoms with Gasteiger partial charge in [-0.2, -0.15) is 0 Å². The van der Waals surface area contributed by atoms with Crippen molar-refractivity contribution in [3.8, 4) is 0 Å². The van der Waals surface area contributed by atoms with Crippen LogP contribution in [0, 0.1) is 11.6 Å². The monoisotopic (exact) mass is 279 g/mol. The van der Waals surface area contributed by atoms with E-state index in [1.165, 1.54) is 12.1 Å². The number of aromatic nitrogens is 1. The van der Waals surface area contributed by atoms with E-state index in [0.717, 1.165) is 16.5 Å². The predicted molar refractivity (Wildman–Crippen MR) is 78.9 cm³/mol. The zero-order valence-corrected chi connectivity index (χ0v) is 11.1. The molecule has 1 nitrogen and oxygen atoms in total. The molecule has 0 aliphatic heterocycles. The Kier molecular flexibility index (Phi) is 2.61. The second-order valence-electron chi connectivity index (χ2n) is 5.10. The van der Waals surface area contributed by atoms with Gasteiger partial charge >= 0.3 is 0 Å². The van der Waals surface area contributed by atoms with Gasteiger partial charge in [0, 0.05) is 11.0 Å². The van der Waals surface area contributed by atoms with Crippen molar-refractivity contribution in [2.24, 2.45) is 0 Å². The van der Waals surface area contributed by atoms with E-state index in [1.54, 1.807) is 12.1 Å². The average Bonchev–Trinajstić information content (AvgIpc) is 2.93. The van der Waals surface area contributed by atoms with Gasteiger partial charge in [0.2, 0.25) is 0 Å². The zero-order chi connectivity index (χ0) is 14.4. The molecule has 102 valence electrons. The standard InChI is InChI=1S/C18H11F2N/c19-15-5-2-4-12-13(15)8-9-14(12)17-10-7-11-3-1-6-16(20)18(11)21-17/h1-7,9-10H,8H2. The third-order valence-corrected chi connectivity index (χ3v) is 3.87. The maximum atomic E-state index is 13.9. The number of hydrogen-bond acceptors (Lipinski definition) is 1. The Hall–Kier alpha value is -2.55. The molecule has 1 aromatic heterocycles. The smallest absolute Gasteiger partial charge is 0.149 e. The van der Waals surface area contributed by atoms with Crippen LogP contribution in [0.2, 0.25) is 0 Å². The van der Waals surface area contributed by atoms with Crippen molar-refractivity contribution in [2.45, 2.75) is 6.42 Å². The summed E-state index contributed by atoms with van der Waals surface area (Å²) in [5, 5.41) is 0.761. The lowest BCUT2D eigenvalue weighted by atomic mass is 10.0. The van der Waals surface area contributed by atoms with Crippen molar-refractivity contribution in [1.82, 2.24) is 4.98 Å². The van der Waals surface area contributed by atoms with Crippen LogP contribution in [0.25, 0.3) is 16.5 Å². The first-order valence-corrected chi connectivity index (χ1v) is 6.77. The normalized spacial score (nSPS) is 13.3. The fourth-order valence-electron chi connectivity index (χ4n) is 2.84. The molecule has 2 aromatic carbocycles. The number of hydrogen-bond donors (Lipinski definition) is 0. The lowest BCUT2D eigenvalue weighted by Gasteiger charge is -2.07. The third kappa shape index (κ3) is 1.85. The topological polar surface area (TPSA) is 12.9 Å². The molecule has 0 spiro atoms. The molecule has 0 N–H and O–H groups in total. The van der Waals surface area contributed by atoms with Gasteiger partial charge in [-0.05, 0) is 35.7 Å². The molecular weight excluding hydrogens is 268 g/mol. The van der Waals surface area contributed by atoms with Gasteiger partial charge in [0.25, 0.3) is 0 Å². The number of benzene rings is 2. The van der Waals surface area contributed by atoms with E-state index in [0.29, 0.717) is 23.2 Å². The van der Waals surface area contributed by atoms with Crippen LogP contribution >= 0.6 is 0 Å². The Labute approximate surface area is 120 Å². The van der Waals surface area contributed by atoms with E-state index in [1.807, 2.05) is 30.3 Å². The molecule has 1 aliphatic carbocycles.